The number of ether oxygens (including phenoxy) is 1. The second-order valence-electron chi connectivity index (χ2n) is 2.88. The first-order chi connectivity index (χ1) is 7.04. The molecule has 0 saturated carbocycles. The Bertz CT molecular complexity index is 375. The Kier molecular flexibility index (Phi) is 3.90. The highest BCUT2D eigenvalue weighted by Gasteiger charge is 2.14. The van der Waals surface area contributed by atoms with Crippen LogP contribution >= 0.6 is 11.3 Å². The SMILES string of the molecule is CCc1ncc(C(=N)OC(=N)C(C)F)s1. The van der Waals surface area contributed by atoms with E-state index in [0.717, 1.165) is 11.4 Å². The van der Waals surface area contributed by atoms with Crippen molar-refractivity contribution in [3.63, 3.8) is 0 Å². The van der Waals surface area contributed by atoms with E-state index in [4.69, 9.17) is 15.6 Å². The molecule has 82 valence electrons. The maximum Gasteiger partial charge on any atom is 0.232 e. The van der Waals surface area contributed by atoms with Gasteiger partial charge in [-0.2, -0.15) is 0 Å². The number of thiazole rings is 1. The summed E-state index contributed by atoms with van der Waals surface area (Å²) in [5.41, 5.74) is 0. The molecule has 15 heavy (non-hydrogen) atoms. The lowest BCUT2D eigenvalue weighted by Gasteiger charge is -2.06. The maximum atomic E-state index is 12.6. The van der Waals surface area contributed by atoms with Crippen LogP contribution in [0.5, 0.6) is 0 Å². The Balaban J connectivity index is 2.65. The van der Waals surface area contributed by atoms with Gasteiger partial charge in [0.2, 0.25) is 11.8 Å². The zero-order valence-corrected chi connectivity index (χ0v) is 9.32. The van der Waals surface area contributed by atoms with Gasteiger partial charge in [-0.15, -0.1) is 11.3 Å². The van der Waals surface area contributed by atoms with Crippen LogP contribution < -0.4 is 0 Å². The molecule has 0 aromatic carbocycles. The van der Waals surface area contributed by atoms with Crippen LogP contribution in [0.2, 0.25) is 0 Å². The highest BCUT2D eigenvalue weighted by Crippen LogP contribution is 2.14. The predicted octanol–water partition coefficient (Wildman–Crippen LogP) is 2.38. The lowest BCUT2D eigenvalue weighted by molar-refractivity contribution is 0.384. The highest BCUT2D eigenvalue weighted by atomic mass is 32.1. The van der Waals surface area contributed by atoms with Crippen LogP contribution in [0, 0.1) is 10.8 Å². The average Bonchev–Trinajstić information content (AvgIpc) is 2.65. The fourth-order valence-electron chi connectivity index (χ4n) is 0.820. The van der Waals surface area contributed by atoms with Gasteiger partial charge in [0.25, 0.3) is 0 Å². The Labute approximate surface area is 91.1 Å². The molecule has 0 radical (unpaired) electrons. The monoisotopic (exact) mass is 229 g/mol. The van der Waals surface area contributed by atoms with Crippen molar-refractivity contribution >= 4 is 23.1 Å². The van der Waals surface area contributed by atoms with Crippen LogP contribution in [0.1, 0.15) is 23.7 Å². The second-order valence-corrected chi connectivity index (χ2v) is 4.00. The van der Waals surface area contributed by atoms with Gasteiger partial charge in [0.15, 0.2) is 6.17 Å². The minimum atomic E-state index is -1.50. The number of aromatic nitrogens is 1. The Morgan fingerprint density at radius 1 is 1.67 bits per heavy atom. The van der Waals surface area contributed by atoms with Crippen LogP contribution in [0.25, 0.3) is 0 Å². The molecular weight excluding hydrogens is 217 g/mol. The van der Waals surface area contributed by atoms with Crippen molar-refractivity contribution in [1.29, 1.82) is 10.8 Å². The molecule has 0 amide bonds. The molecule has 0 spiro atoms. The third-order valence-corrected chi connectivity index (χ3v) is 2.79. The second kappa shape index (κ2) is 4.97. The first-order valence-electron chi connectivity index (χ1n) is 4.48. The van der Waals surface area contributed by atoms with Crippen molar-refractivity contribution in [1.82, 2.24) is 4.98 Å². The fourth-order valence-corrected chi connectivity index (χ4v) is 1.56. The summed E-state index contributed by atoms with van der Waals surface area (Å²) < 4.78 is 17.3. The Morgan fingerprint density at radius 2 is 2.33 bits per heavy atom. The zero-order valence-electron chi connectivity index (χ0n) is 8.50. The highest BCUT2D eigenvalue weighted by molar-refractivity contribution is 7.13. The molecule has 2 N–H and O–H groups in total. The number of halogens is 1. The first-order valence-corrected chi connectivity index (χ1v) is 5.30. The number of hydrogen-bond donors (Lipinski definition) is 2. The lowest BCUT2D eigenvalue weighted by atomic mass is 10.4. The quantitative estimate of drug-likeness (QED) is 0.617. The van der Waals surface area contributed by atoms with E-state index < -0.39 is 12.1 Å². The summed E-state index contributed by atoms with van der Waals surface area (Å²) in [4.78, 5) is 4.55. The van der Waals surface area contributed by atoms with Gasteiger partial charge < -0.3 is 4.74 Å². The molecule has 1 heterocycles. The number of rotatable bonds is 3. The smallest absolute Gasteiger partial charge is 0.232 e. The van der Waals surface area contributed by atoms with Crippen molar-refractivity contribution in [2.24, 2.45) is 0 Å². The lowest BCUT2D eigenvalue weighted by Crippen LogP contribution is -2.18. The third kappa shape index (κ3) is 3.09. The number of nitrogens with one attached hydrogen (secondary N) is 2. The fraction of sp³-hybridized carbons (Fsp3) is 0.444. The summed E-state index contributed by atoms with van der Waals surface area (Å²) >= 11 is 1.31. The molecule has 0 fully saturated rings. The van der Waals surface area contributed by atoms with Crippen LogP contribution in [0.3, 0.4) is 0 Å². The van der Waals surface area contributed by atoms with Crippen LogP contribution in [-0.4, -0.2) is 23.0 Å². The van der Waals surface area contributed by atoms with E-state index in [0.29, 0.717) is 4.88 Å². The molecule has 1 rings (SSSR count). The van der Waals surface area contributed by atoms with Gasteiger partial charge in [-0.3, -0.25) is 10.8 Å². The zero-order chi connectivity index (χ0) is 11.4. The van der Waals surface area contributed by atoms with E-state index in [1.165, 1.54) is 24.5 Å². The molecule has 0 saturated heterocycles. The average molecular weight is 229 g/mol. The summed E-state index contributed by atoms with van der Waals surface area (Å²) in [5.74, 6) is -0.770. The van der Waals surface area contributed by atoms with E-state index in [-0.39, 0.29) is 5.90 Å². The molecule has 1 unspecified atom stereocenters. The van der Waals surface area contributed by atoms with Crippen molar-refractivity contribution < 1.29 is 9.13 Å². The Morgan fingerprint density at radius 3 is 2.80 bits per heavy atom. The molecule has 6 heteroatoms. The van der Waals surface area contributed by atoms with E-state index in [9.17, 15) is 4.39 Å². The number of aryl methyl sites for hydroxylation is 1. The molecule has 0 aliphatic rings. The standard InChI is InChI=1S/C9H12FN3OS/c1-3-7-13-4-6(15-7)9(12)14-8(11)5(2)10/h4-5,11-12H,3H2,1-2H3. The summed E-state index contributed by atoms with van der Waals surface area (Å²) in [6.45, 7) is 3.15. The summed E-state index contributed by atoms with van der Waals surface area (Å²) in [7, 11) is 0. The molecule has 1 aromatic rings. The molecule has 0 aliphatic heterocycles. The van der Waals surface area contributed by atoms with E-state index in [1.807, 2.05) is 6.92 Å². The summed E-state index contributed by atoms with van der Waals surface area (Å²) in [6.07, 6.45) is 0.792. The van der Waals surface area contributed by atoms with Crippen molar-refractivity contribution in [3.05, 3.63) is 16.1 Å². The predicted molar refractivity (Wildman–Crippen MR) is 57.7 cm³/mol. The van der Waals surface area contributed by atoms with Gasteiger partial charge in [-0.05, 0) is 13.3 Å². The maximum absolute atomic E-state index is 12.6. The van der Waals surface area contributed by atoms with Gasteiger partial charge in [0, 0.05) is 0 Å². The third-order valence-electron chi connectivity index (χ3n) is 1.65. The van der Waals surface area contributed by atoms with Crippen molar-refractivity contribution in [3.8, 4) is 0 Å². The molecular formula is C9H12FN3OS. The van der Waals surface area contributed by atoms with Gasteiger partial charge in [-0.1, -0.05) is 6.92 Å². The molecule has 0 aliphatic carbocycles. The van der Waals surface area contributed by atoms with Gasteiger partial charge in [-0.25, -0.2) is 9.37 Å². The molecule has 0 bridgehead atoms. The van der Waals surface area contributed by atoms with Gasteiger partial charge in [0.05, 0.1) is 11.2 Å². The van der Waals surface area contributed by atoms with Crippen LogP contribution in [-0.2, 0) is 11.2 Å². The number of hydrogen-bond acceptors (Lipinski definition) is 5. The van der Waals surface area contributed by atoms with E-state index in [1.54, 1.807) is 0 Å². The first kappa shape index (κ1) is 11.8. The van der Waals surface area contributed by atoms with Gasteiger partial charge >= 0.3 is 0 Å². The largest absolute Gasteiger partial charge is 0.421 e. The van der Waals surface area contributed by atoms with Gasteiger partial charge in [0.1, 0.15) is 4.88 Å². The summed E-state index contributed by atoms with van der Waals surface area (Å²) in [5, 5.41) is 15.5. The minimum absolute atomic E-state index is 0.221. The van der Waals surface area contributed by atoms with E-state index >= 15 is 0 Å². The van der Waals surface area contributed by atoms with E-state index in [2.05, 4.69) is 4.98 Å². The molecule has 1 atom stereocenters. The van der Waals surface area contributed by atoms with Crippen molar-refractivity contribution in [2.45, 2.75) is 26.4 Å². The van der Waals surface area contributed by atoms with Crippen LogP contribution in [0.15, 0.2) is 6.20 Å². The van der Waals surface area contributed by atoms with Crippen LogP contribution in [0.4, 0.5) is 4.39 Å². The number of nitrogens with zero attached hydrogens (tertiary/aromatic N) is 1. The Hall–Kier alpha value is -1.30. The molecule has 4 nitrogen and oxygen atoms in total. The molecule has 1 aromatic heterocycles. The minimum Gasteiger partial charge on any atom is -0.421 e. The van der Waals surface area contributed by atoms with Crippen molar-refractivity contribution in [2.75, 3.05) is 0 Å². The summed E-state index contributed by atoms with van der Waals surface area (Å²) in [6, 6.07) is 0. The topological polar surface area (TPSA) is 69.8 Å². The number of alkyl halides is 1. The normalized spacial score (nSPS) is 12.2.